The molecule has 0 bridgehead atoms. The van der Waals surface area contributed by atoms with E-state index in [0.29, 0.717) is 22.4 Å². The van der Waals surface area contributed by atoms with E-state index < -0.39 is 5.97 Å². The van der Waals surface area contributed by atoms with Crippen LogP contribution in [0.5, 0.6) is 5.75 Å². The molecule has 2 aliphatic rings. The van der Waals surface area contributed by atoms with Crippen LogP contribution in [-0.4, -0.2) is 16.2 Å². The fourth-order valence-electron chi connectivity index (χ4n) is 2.86. The average Bonchev–Trinajstić information content (AvgIpc) is 3.20. The Hall–Kier alpha value is -2.00. The molecule has 3 nitrogen and oxygen atoms in total. The predicted molar refractivity (Wildman–Crippen MR) is 81.5 cm³/mol. The molecule has 0 amide bonds. The molecule has 2 N–H and O–H groups in total. The summed E-state index contributed by atoms with van der Waals surface area (Å²) >= 11 is 6.18. The van der Waals surface area contributed by atoms with Gasteiger partial charge in [0, 0.05) is 5.02 Å². The average molecular weight is 303 g/mol. The van der Waals surface area contributed by atoms with E-state index in [1.165, 1.54) is 0 Å². The van der Waals surface area contributed by atoms with Crippen molar-refractivity contribution in [3.8, 4) is 5.75 Å². The summed E-state index contributed by atoms with van der Waals surface area (Å²) in [6.07, 6.45) is 10.1. The summed E-state index contributed by atoms with van der Waals surface area (Å²) in [5.41, 5.74) is 1.35. The van der Waals surface area contributed by atoms with Gasteiger partial charge >= 0.3 is 5.97 Å². The molecular weight excluding hydrogens is 288 g/mol. The van der Waals surface area contributed by atoms with E-state index in [1.54, 1.807) is 24.3 Å². The summed E-state index contributed by atoms with van der Waals surface area (Å²) in [6, 6.07) is 5.09. The van der Waals surface area contributed by atoms with Crippen LogP contribution < -0.4 is 0 Å². The van der Waals surface area contributed by atoms with E-state index in [0.717, 1.165) is 12.0 Å². The summed E-state index contributed by atoms with van der Waals surface area (Å²) in [7, 11) is 0. The van der Waals surface area contributed by atoms with Gasteiger partial charge in [-0.2, -0.15) is 0 Å². The van der Waals surface area contributed by atoms with E-state index in [9.17, 15) is 9.90 Å². The van der Waals surface area contributed by atoms with Crippen LogP contribution in [0.4, 0.5) is 0 Å². The third-order valence-electron chi connectivity index (χ3n) is 4.07. The Morgan fingerprint density at radius 1 is 1.29 bits per heavy atom. The molecule has 3 rings (SSSR count). The first kappa shape index (κ1) is 14.0. The normalized spacial score (nSPS) is 27.1. The Morgan fingerprint density at radius 2 is 2.10 bits per heavy atom. The third-order valence-corrected chi connectivity index (χ3v) is 4.40. The number of carboxylic acids is 1. The molecule has 0 aromatic heterocycles. The zero-order valence-corrected chi connectivity index (χ0v) is 12.0. The van der Waals surface area contributed by atoms with Crippen molar-refractivity contribution in [3.63, 3.8) is 0 Å². The van der Waals surface area contributed by atoms with Crippen molar-refractivity contribution in [2.75, 3.05) is 0 Å². The number of hydrogen-bond acceptors (Lipinski definition) is 2. The Balaban J connectivity index is 1.74. The van der Waals surface area contributed by atoms with Crippen molar-refractivity contribution in [1.29, 1.82) is 0 Å². The zero-order valence-electron chi connectivity index (χ0n) is 11.2. The number of rotatable bonds is 3. The fraction of sp³-hybridized carbons (Fsp3) is 0.235. The van der Waals surface area contributed by atoms with Crippen molar-refractivity contribution in [3.05, 3.63) is 64.7 Å². The summed E-state index contributed by atoms with van der Waals surface area (Å²) in [6.45, 7) is 0. The fourth-order valence-corrected chi connectivity index (χ4v) is 3.18. The Kier molecular flexibility index (Phi) is 3.60. The number of allylic oxidation sites excluding steroid dienone is 4. The number of benzene rings is 1. The molecule has 1 saturated carbocycles. The summed E-state index contributed by atoms with van der Waals surface area (Å²) in [4.78, 5) is 11.0. The minimum absolute atomic E-state index is 0.172. The first-order valence-corrected chi connectivity index (χ1v) is 7.22. The smallest absolute Gasteiger partial charge is 0.335 e. The number of phenolic OH excluding ortho intramolecular Hbond substituents is 1. The van der Waals surface area contributed by atoms with Gasteiger partial charge in [0.1, 0.15) is 5.75 Å². The predicted octanol–water partition coefficient (Wildman–Crippen LogP) is 3.90. The SMILES string of the molecule is O=C(O)C1=CC=CC(C2CC2c2ccc(O)cc2Cl)C=C1. The van der Waals surface area contributed by atoms with Gasteiger partial charge in [-0.05, 0) is 47.9 Å². The topological polar surface area (TPSA) is 57.5 Å². The molecule has 4 heteroatoms. The van der Waals surface area contributed by atoms with Crippen LogP contribution in [0.3, 0.4) is 0 Å². The number of carboxylic acid groups (broad SMARTS) is 1. The number of aromatic hydroxyl groups is 1. The molecule has 0 heterocycles. The van der Waals surface area contributed by atoms with Gasteiger partial charge in [0.2, 0.25) is 0 Å². The van der Waals surface area contributed by atoms with Gasteiger partial charge in [0.25, 0.3) is 0 Å². The van der Waals surface area contributed by atoms with Crippen molar-refractivity contribution >= 4 is 17.6 Å². The first-order valence-electron chi connectivity index (χ1n) is 6.84. The second-order valence-corrected chi connectivity index (χ2v) is 5.87. The van der Waals surface area contributed by atoms with Gasteiger partial charge < -0.3 is 10.2 Å². The van der Waals surface area contributed by atoms with Crippen LogP contribution >= 0.6 is 11.6 Å². The largest absolute Gasteiger partial charge is 0.508 e. The lowest BCUT2D eigenvalue weighted by atomic mass is 9.98. The highest BCUT2D eigenvalue weighted by molar-refractivity contribution is 6.31. The molecule has 0 saturated heterocycles. The van der Waals surface area contributed by atoms with E-state index in [1.807, 2.05) is 24.3 Å². The minimum atomic E-state index is -0.912. The van der Waals surface area contributed by atoms with E-state index >= 15 is 0 Å². The maximum atomic E-state index is 11.0. The van der Waals surface area contributed by atoms with Crippen LogP contribution in [-0.2, 0) is 4.79 Å². The molecule has 1 aromatic rings. The Labute approximate surface area is 127 Å². The van der Waals surface area contributed by atoms with Crippen LogP contribution in [0, 0.1) is 11.8 Å². The van der Waals surface area contributed by atoms with Gasteiger partial charge in [-0.1, -0.05) is 42.0 Å². The van der Waals surface area contributed by atoms with E-state index in [2.05, 4.69) is 0 Å². The lowest BCUT2D eigenvalue weighted by Crippen LogP contribution is -1.99. The maximum absolute atomic E-state index is 11.0. The highest BCUT2D eigenvalue weighted by Gasteiger charge is 2.43. The van der Waals surface area contributed by atoms with Crippen LogP contribution in [0.1, 0.15) is 17.9 Å². The van der Waals surface area contributed by atoms with Gasteiger partial charge in [-0.3, -0.25) is 0 Å². The quantitative estimate of drug-likeness (QED) is 0.890. The van der Waals surface area contributed by atoms with Gasteiger partial charge in [0.15, 0.2) is 0 Å². The number of phenols is 1. The molecular formula is C17H15ClO3. The molecule has 1 aromatic carbocycles. The van der Waals surface area contributed by atoms with Crippen molar-refractivity contribution in [1.82, 2.24) is 0 Å². The third kappa shape index (κ3) is 2.88. The van der Waals surface area contributed by atoms with Gasteiger partial charge in [0.05, 0.1) is 5.57 Å². The lowest BCUT2D eigenvalue weighted by Gasteiger charge is -2.08. The van der Waals surface area contributed by atoms with E-state index in [4.69, 9.17) is 16.7 Å². The first-order chi connectivity index (χ1) is 10.1. The van der Waals surface area contributed by atoms with Crippen molar-refractivity contribution < 1.29 is 15.0 Å². The Morgan fingerprint density at radius 3 is 2.81 bits per heavy atom. The minimum Gasteiger partial charge on any atom is -0.508 e. The van der Waals surface area contributed by atoms with Crippen LogP contribution in [0.25, 0.3) is 0 Å². The zero-order chi connectivity index (χ0) is 15.0. The highest BCUT2D eigenvalue weighted by atomic mass is 35.5. The molecule has 1 fully saturated rings. The molecule has 108 valence electrons. The molecule has 0 radical (unpaired) electrons. The van der Waals surface area contributed by atoms with Gasteiger partial charge in [-0.15, -0.1) is 0 Å². The standard InChI is InChI=1S/C17H15ClO3/c18-16-8-12(19)6-7-13(16)15-9-14(15)10-2-1-3-11(5-4-10)17(20)21/h1-8,10,14-15,19H,9H2,(H,20,21). The van der Waals surface area contributed by atoms with E-state index in [-0.39, 0.29) is 11.7 Å². The second-order valence-electron chi connectivity index (χ2n) is 5.46. The monoisotopic (exact) mass is 302 g/mol. The van der Waals surface area contributed by atoms with Crippen LogP contribution in [0.15, 0.2) is 54.2 Å². The van der Waals surface area contributed by atoms with Crippen LogP contribution in [0.2, 0.25) is 5.02 Å². The molecule has 0 aliphatic heterocycles. The van der Waals surface area contributed by atoms with Gasteiger partial charge in [-0.25, -0.2) is 4.79 Å². The molecule has 21 heavy (non-hydrogen) atoms. The summed E-state index contributed by atoms with van der Waals surface area (Å²) < 4.78 is 0. The van der Waals surface area contributed by atoms with Crippen molar-refractivity contribution in [2.45, 2.75) is 12.3 Å². The molecule has 0 spiro atoms. The summed E-state index contributed by atoms with van der Waals surface area (Å²) in [5, 5.41) is 19.0. The summed E-state index contributed by atoms with van der Waals surface area (Å²) in [5.74, 6) is 0.272. The number of halogens is 1. The van der Waals surface area contributed by atoms with Crippen molar-refractivity contribution in [2.24, 2.45) is 11.8 Å². The number of aliphatic carboxylic acids is 1. The highest BCUT2D eigenvalue weighted by Crippen LogP contribution is 2.54. The maximum Gasteiger partial charge on any atom is 0.335 e. The lowest BCUT2D eigenvalue weighted by molar-refractivity contribution is -0.132. The second kappa shape index (κ2) is 5.41. The Bertz CT molecular complexity index is 673. The molecule has 2 aliphatic carbocycles. The molecule has 3 atom stereocenters. The number of hydrogen-bond donors (Lipinski definition) is 2. The number of carbonyl (C=O) groups is 1. The molecule has 3 unspecified atom stereocenters.